The first-order valence-corrected chi connectivity index (χ1v) is 7.07. The van der Waals surface area contributed by atoms with E-state index in [0.29, 0.717) is 23.5 Å². The number of amides is 1. The number of aliphatic imine (C=N–C) groups is 1. The average molecular weight is 367 g/mol. The topological polar surface area (TPSA) is 76.7 Å². The number of carbonyl (C=O) groups excluding carboxylic acids is 1. The van der Waals surface area contributed by atoms with Gasteiger partial charge in [-0.05, 0) is 25.1 Å². The third-order valence-corrected chi connectivity index (χ3v) is 3.18. The predicted molar refractivity (Wildman–Crippen MR) is 82.5 cm³/mol. The Morgan fingerprint density at radius 1 is 1.44 bits per heavy atom. The Morgan fingerprint density at radius 2 is 2.04 bits per heavy atom. The molecule has 1 aliphatic heterocycles. The van der Waals surface area contributed by atoms with Gasteiger partial charge in [0.1, 0.15) is 23.8 Å². The molecule has 0 saturated carbocycles. The molecule has 0 bridgehead atoms. The predicted octanol–water partition coefficient (Wildman–Crippen LogP) is 2.90. The fourth-order valence-corrected chi connectivity index (χ4v) is 1.97. The molecular formula is C15H18F5N3O2. The minimum atomic E-state index is -3.83. The molecule has 1 amide bonds. The lowest BCUT2D eigenvalue weighted by Crippen LogP contribution is -2.38. The minimum Gasteiger partial charge on any atom is -0.386 e. The number of alkyl halides is 4. The van der Waals surface area contributed by atoms with Gasteiger partial charge >= 0.3 is 12.3 Å². The monoisotopic (exact) mass is 367 g/mol. The van der Waals surface area contributed by atoms with Crippen molar-refractivity contribution in [2.24, 2.45) is 10.7 Å². The Labute approximate surface area is 141 Å². The van der Waals surface area contributed by atoms with Crippen LogP contribution in [0.2, 0.25) is 0 Å². The van der Waals surface area contributed by atoms with Crippen LogP contribution in [0.5, 0.6) is 0 Å². The molecule has 0 saturated heterocycles. The van der Waals surface area contributed by atoms with Gasteiger partial charge in [-0.25, -0.2) is 22.0 Å². The molecule has 1 aromatic rings. The molecule has 0 fully saturated rings. The summed E-state index contributed by atoms with van der Waals surface area (Å²) in [6.07, 6.45) is -3.00. The van der Waals surface area contributed by atoms with E-state index >= 15 is 0 Å². The molecule has 1 unspecified atom stereocenters. The normalized spacial score (nSPS) is 20.4. The molecule has 1 aliphatic rings. The van der Waals surface area contributed by atoms with Crippen LogP contribution in [0.4, 0.5) is 27.6 Å². The van der Waals surface area contributed by atoms with Crippen LogP contribution in [0, 0.1) is 5.82 Å². The van der Waals surface area contributed by atoms with Crippen molar-refractivity contribution in [1.82, 2.24) is 0 Å². The largest absolute Gasteiger partial charge is 0.386 e. The highest BCUT2D eigenvalue weighted by atomic mass is 19.3. The summed E-state index contributed by atoms with van der Waals surface area (Å²) in [6, 6.07) is 4.30. The lowest BCUT2D eigenvalue weighted by molar-refractivity contribution is -0.113. The number of nitrogens with two attached hydrogens (primary N) is 1. The first-order valence-electron chi connectivity index (χ1n) is 7.07. The molecule has 1 atom stereocenters. The third kappa shape index (κ3) is 5.96. The second-order valence-electron chi connectivity index (χ2n) is 5.58. The highest BCUT2D eigenvalue weighted by molar-refractivity contribution is 5.82. The Bertz CT molecular complexity index is 634. The van der Waals surface area contributed by atoms with Crippen LogP contribution in [0.1, 0.15) is 19.4 Å². The van der Waals surface area contributed by atoms with E-state index < -0.39 is 23.7 Å². The smallest absolute Gasteiger partial charge is 0.304 e. The number of ether oxygens (including phenoxy) is 1. The van der Waals surface area contributed by atoms with Crippen molar-refractivity contribution in [3.63, 3.8) is 0 Å². The lowest BCUT2D eigenvalue weighted by atomic mass is 9.92. The van der Waals surface area contributed by atoms with Crippen molar-refractivity contribution in [1.29, 1.82) is 0 Å². The molecule has 25 heavy (non-hydrogen) atoms. The average Bonchev–Trinajstić information content (AvgIpc) is 2.48. The van der Waals surface area contributed by atoms with Crippen LogP contribution >= 0.6 is 0 Å². The number of hydrogen-bond donors (Lipinski definition) is 2. The molecule has 140 valence electrons. The summed E-state index contributed by atoms with van der Waals surface area (Å²) in [7, 11) is 0. The van der Waals surface area contributed by atoms with Crippen molar-refractivity contribution in [3.05, 3.63) is 29.6 Å². The van der Waals surface area contributed by atoms with Crippen LogP contribution in [0.25, 0.3) is 0 Å². The number of hydrogen-bond acceptors (Lipinski definition) is 4. The second kappa shape index (κ2) is 8.24. The van der Waals surface area contributed by atoms with Gasteiger partial charge < -0.3 is 15.8 Å². The van der Waals surface area contributed by atoms with E-state index in [1.165, 1.54) is 18.2 Å². The van der Waals surface area contributed by atoms with Gasteiger partial charge in [-0.15, -0.1) is 0 Å². The van der Waals surface area contributed by atoms with E-state index in [4.69, 9.17) is 10.5 Å². The maximum absolute atomic E-state index is 13.9. The molecule has 0 spiro atoms. The zero-order valence-corrected chi connectivity index (χ0v) is 13.5. The summed E-state index contributed by atoms with van der Waals surface area (Å²) < 4.78 is 63.0. The van der Waals surface area contributed by atoms with Crippen molar-refractivity contribution < 1.29 is 31.5 Å². The highest BCUT2D eigenvalue weighted by Gasteiger charge is 2.34. The number of nitrogens with zero attached hydrogens (tertiary/aromatic N) is 1. The fourth-order valence-electron chi connectivity index (χ4n) is 1.97. The summed E-state index contributed by atoms with van der Waals surface area (Å²) >= 11 is 0. The summed E-state index contributed by atoms with van der Waals surface area (Å²) in [5.41, 5.74) is 5.60. The Hall–Kier alpha value is -2.23. The van der Waals surface area contributed by atoms with E-state index in [1.807, 2.05) is 0 Å². The number of anilines is 1. The molecule has 1 aromatic carbocycles. The van der Waals surface area contributed by atoms with E-state index in [9.17, 15) is 26.7 Å². The molecule has 0 radical (unpaired) electrons. The number of amidine groups is 1. The van der Waals surface area contributed by atoms with Gasteiger partial charge in [0.25, 0.3) is 0 Å². The van der Waals surface area contributed by atoms with Gasteiger partial charge in [-0.1, -0.05) is 0 Å². The van der Waals surface area contributed by atoms with Crippen molar-refractivity contribution in [2.75, 3.05) is 18.5 Å². The Kier molecular flexibility index (Phi) is 6.86. The number of nitrogens with one attached hydrogen (secondary N) is 1. The van der Waals surface area contributed by atoms with E-state index in [1.54, 1.807) is 6.92 Å². The van der Waals surface area contributed by atoms with Crippen LogP contribution in [-0.4, -0.2) is 37.8 Å². The zero-order valence-electron chi connectivity index (χ0n) is 13.5. The van der Waals surface area contributed by atoms with Gasteiger partial charge in [0.2, 0.25) is 6.41 Å². The van der Waals surface area contributed by atoms with Gasteiger partial charge in [0, 0.05) is 18.2 Å². The van der Waals surface area contributed by atoms with E-state index in [2.05, 4.69) is 10.3 Å². The third-order valence-electron chi connectivity index (χ3n) is 3.18. The summed E-state index contributed by atoms with van der Waals surface area (Å²) in [4.78, 5) is 14.7. The van der Waals surface area contributed by atoms with Gasteiger partial charge in [0.05, 0.1) is 6.61 Å². The molecule has 5 nitrogen and oxygen atoms in total. The number of rotatable bonds is 4. The standard InChI is InChI=1S/C12H14FN3O2.C3H4F4/c1-12(6-18-5-11(14)16-12)9-4-8(15-7-17)2-3-10(9)13;1-3(6,7)2(4)5/h2-4,7H,5-6H2,1H3,(H2,14,16)(H,15,17);2H,1H3. The molecular weight excluding hydrogens is 349 g/mol. The Morgan fingerprint density at radius 3 is 2.52 bits per heavy atom. The number of benzene rings is 1. The first-order chi connectivity index (χ1) is 11.5. The van der Waals surface area contributed by atoms with Crippen LogP contribution in [0.3, 0.4) is 0 Å². The van der Waals surface area contributed by atoms with E-state index in [-0.39, 0.29) is 20.1 Å². The lowest BCUT2D eigenvalue weighted by Gasteiger charge is -2.30. The molecule has 10 heteroatoms. The SMILES string of the molecule is CC(F)(F)C(F)F.CC1(c2cc(NC=O)ccc2F)COCC(N)=N1. The molecule has 0 aromatic heterocycles. The first kappa shape index (κ1) is 20.8. The van der Waals surface area contributed by atoms with Crippen LogP contribution in [0.15, 0.2) is 23.2 Å². The Balaban J connectivity index is 0.000000381. The van der Waals surface area contributed by atoms with Gasteiger partial charge in [0.15, 0.2) is 0 Å². The highest BCUT2D eigenvalue weighted by Crippen LogP contribution is 2.32. The maximum Gasteiger partial charge on any atom is 0.304 e. The summed E-state index contributed by atoms with van der Waals surface area (Å²) in [6.45, 7) is 2.42. The molecule has 1 heterocycles. The minimum absolute atomic E-state index is 0.178. The zero-order chi connectivity index (χ0) is 19.3. The van der Waals surface area contributed by atoms with Crippen LogP contribution < -0.4 is 11.1 Å². The molecule has 2 rings (SSSR count). The quantitative estimate of drug-likeness (QED) is 0.635. The van der Waals surface area contributed by atoms with Crippen molar-refractivity contribution >= 4 is 17.9 Å². The van der Waals surface area contributed by atoms with Crippen molar-refractivity contribution in [2.45, 2.75) is 31.7 Å². The number of halogens is 5. The van der Waals surface area contributed by atoms with Gasteiger partial charge in [-0.3, -0.25) is 9.79 Å². The molecule has 3 N–H and O–H groups in total. The molecule has 0 aliphatic carbocycles. The maximum atomic E-state index is 13.9. The number of carbonyl (C=O) groups is 1. The summed E-state index contributed by atoms with van der Waals surface area (Å²) in [5.74, 6) is -3.91. The second-order valence-corrected chi connectivity index (χ2v) is 5.58. The van der Waals surface area contributed by atoms with Gasteiger partial charge in [-0.2, -0.15) is 0 Å². The fraction of sp³-hybridized carbons (Fsp3) is 0.467. The van der Waals surface area contributed by atoms with E-state index in [0.717, 1.165) is 0 Å². The van der Waals surface area contributed by atoms with Crippen LogP contribution in [-0.2, 0) is 15.1 Å². The summed E-state index contributed by atoms with van der Waals surface area (Å²) in [5, 5.41) is 2.47. The van der Waals surface area contributed by atoms with Crippen molar-refractivity contribution in [3.8, 4) is 0 Å².